The first-order valence-electron chi connectivity index (χ1n) is 10.1. The molecule has 0 aliphatic rings. The molecule has 0 saturated carbocycles. The summed E-state index contributed by atoms with van der Waals surface area (Å²) in [5.41, 5.74) is 6.58. The van der Waals surface area contributed by atoms with Crippen molar-refractivity contribution in [3.05, 3.63) is 46.0 Å². The van der Waals surface area contributed by atoms with E-state index < -0.39 is 10.8 Å². The molecular formula is C20H30N8O4. The van der Waals surface area contributed by atoms with Gasteiger partial charge in [0.15, 0.2) is 0 Å². The van der Waals surface area contributed by atoms with Gasteiger partial charge in [0.05, 0.1) is 22.6 Å². The zero-order valence-electron chi connectivity index (χ0n) is 18.8. The van der Waals surface area contributed by atoms with Crippen LogP contribution >= 0.6 is 0 Å². The van der Waals surface area contributed by atoms with Gasteiger partial charge in [0.1, 0.15) is 11.4 Å². The van der Waals surface area contributed by atoms with Crippen LogP contribution in [0, 0.1) is 10.1 Å². The number of amides is 2. The van der Waals surface area contributed by atoms with Gasteiger partial charge in [-0.1, -0.05) is 0 Å². The highest BCUT2D eigenvalue weighted by atomic mass is 16.6. The largest absolute Gasteiger partial charge is 0.387 e. The van der Waals surface area contributed by atoms with E-state index in [0.717, 1.165) is 13.0 Å². The molecule has 0 radical (unpaired) electrons. The summed E-state index contributed by atoms with van der Waals surface area (Å²) < 4.78 is 2.95. The number of amidine groups is 1. The number of carbonyl (C=O) groups excluding carboxylic acids is 2. The van der Waals surface area contributed by atoms with Gasteiger partial charge in [0.2, 0.25) is 0 Å². The van der Waals surface area contributed by atoms with Crippen LogP contribution < -0.4 is 16.4 Å². The number of nitrogens with zero attached hydrogens (tertiary/aromatic N) is 5. The molecule has 12 heteroatoms. The molecule has 0 spiro atoms. The van der Waals surface area contributed by atoms with E-state index in [1.165, 1.54) is 22.9 Å². The Labute approximate surface area is 186 Å². The summed E-state index contributed by atoms with van der Waals surface area (Å²) in [6, 6.07) is 2.72. The zero-order chi connectivity index (χ0) is 23.8. The van der Waals surface area contributed by atoms with Crippen LogP contribution in [-0.4, -0.2) is 70.3 Å². The van der Waals surface area contributed by atoms with E-state index in [-0.39, 0.29) is 17.3 Å². The van der Waals surface area contributed by atoms with Crippen LogP contribution in [0.3, 0.4) is 0 Å². The Balaban J connectivity index is 1.90. The topological polar surface area (TPSA) is 153 Å². The van der Waals surface area contributed by atoms with Crippen molar-refractivity contribution in [3.8, 4) is 0 Å². The van der Waals surface area contributed by atoms with E-state index in [2.05, 4.69) is 20.5 Å². The third-order valence-electron chi connectivity index (χ3n) is 4.67. The summed E-state index contributed by atoms with van der Waals surface area (Å²) in [4.78, 5) is 41.6. The third-order valence-corrected chi connectivity index (χ3v) is 4.67. The maximum absolute atomic E-state index is 12.5. The first-order valence-corrected chi connectivity index (χ1v) is 10.1. The minimum Gasteiger partial charge on any atom is -0.387 e. The lowest BCUT2D eigenvalue weighted by Crippen LogP contribution is -2.29. The molecule has 0 aliphatic carbocycles. The fourth-order valence-electron chi connectivity index (χ4n) is 3.01. The lowest BCUT2D eigenvalue weighted by molar-refractivity contribution is -0.384. The number of hydrogen-bond acceptors (Lipinski definition) is 6. The Morgan fingerprint density at radius 1 is 1.16 bits per heavy atom. The normalized spacial score (nSPS) is 11.6. The van der Waals surface area contributed by atoms with Gasteiger partial charge in [-0.15, -0.1) is 0 Å². The first-order chi connectivity index (χ1) is 15.1. The zero-order valence-corrected chi connectivity index (χ0v) is 18.8. The van der Waals surface area contributed by atoms with Gasteiger partial charge in [0.25, 0.3) is 17.5 Å². The summed E-state index contributed by atoms with van der Waals surface area (Å²) in [5.74, 6) is -0.347. The molecule has 32 heavy (non-hydrogen) atoms. The predicted molar refractivity (Wildman–Crippen MR) is 122 cm³/mol. The number of anilines is 1. The molecular weight excluding hydrogens is 416 g/mol. The van der Waals surface area contributed by atoms with Crippen molar-refractivity contribution in [1.82, 2.24) is 19.4 Å². The molecule has 0 aromatic carbocycles. The lowest BCUT2D eigenvalue weighted by atomic mass is 10.3. The van der Waals surface area contributed by atoms with Crippen molar-refractivity contribution in [1.29, 1.82) is 0 Å². The van der Waals surface area contributed by atoms with Crippen molar-refractivity contribution in [3.63, 3.8) is 0 Å². The highest BCUT2D eigenvalue weighted by molar-refractivity contribution is 6.04. The highest BCUT2D eigenvalue weighted by Gasteiger charge is 2.19. The highest BCUT2D eigenvalue weighted by Crippen LogP contribution is 2.18. The van der Waals surface area contributed by atoms with Gasteiger partial charge >= 0.3 is 0 Å². The number of hydrogen-bond donors (Lipinski definition) is 3. The summed E-state index contributed by atoms with van der Waals surface area (Å²) in [6.07, 6.45) is 4.20. The Kier molecular flexibility index (Phi) is 8.53. The lowest BCUT2D eigenvalue weighted by Gasteiger charge is -2.08. The number of aryl methyl sites for hydroxylation is 2. The first kappa shape index (κ1) is 24.6. The number of nitro groups is 1. The van der Waals surface area contributed by atoms with Gasteiger partial charge in [-0.05, 0) is 33.1 Å². The molecule has 0 bridgehead atoms. The molecule has 0 aliphatic heterocycles. The molecule has 2 aromatic rings. The van der Waals surface area contributed by atoms with Gasteiger partial charge in [-0.3, -0.25) is 24.7 Å². The average molecular weight is 447 g/mol. The molecule has 0 unspecified atom stereocenters. The molecule has 2 amide bonds. The predicted octanol–water partition coefficient (Wildman–Crippen LogP) is 0.953. The van der Waals surface area contributed by atoms with E-state index in [1.54, 1.807) is 24.9 Å². The van der Waals surface area contributed by atoms with Crippen LogP contribution in [-0.2, 0) is 14.1 Å². The van der Waals surface area contributed by atoms with Crippen molar-refractivity contribution >= 4 is 29.0 Å². The summed E-state index contributed by atoms with van der Waals surface area (Å²) in [5, 5.41) is 16.3. The van der Waals surface area contributed by atoms with E-state index in [1.807, 2.05) is 14.1 Å². The fraction of sp³-hybridized carbons (Fsp3) is 0.450. The molecule has 0 fully saturated rings. The van der Waals surface area contributed by atoms with Crippen LogP contribution in [0.5, 0.6) is 0 Å². The molecule has 2 rings (SSSR count). The van der Waals surface area contributed by atoms with Crippen molar-refractivity contribution in [2.45, 2.75) is 12.8 Å². The van der Waals surface area contributed by atoms with Crippen molar-refractivity contribution in [2.24, 2.45) is 24.8 Å². The number of nitrogens with one attached hydrogen (secondary N) is 2. The van der Waals surface area contributed by atoms with Gasteiger partial charge in [-0.2, -0.15) is 0 Å². The van der Waals surface area contributed by atoms with Gasteiger partial charge in [0, 0.05) is 45.9 Å². The molecule has 4 N–H and O–H groups in total. The standard InChI is InChI=1S/C20H30N8O4/c1-25(2)9-5-7-22-18(21)6-8-23-19(29)16-10-14(12-26(16)3)24-20(30)17-11-15(28(31)32)13-27(17)4/h10-13H,5-9H2,1-4H3,(H2,21,22)(H,23,29)(H,24,30). The molecule has 174 valence electrons. The maximum atomic E-state index is 12.5. The summed E-state index contributed by atoms with van der Waals surface area (Å²) >= 11 is 0. The van der Waals surface area contributed by atoms with Gasteiger partial charge in [-0.25, -0.2) is 0 Å². The second-order valence-corrected chi connectivity index (χ2v) is 7.67. The molecule has 2 aromatic heterocycles. The number of rotatable bonds is 11. The Hall–Kier alpha value is -3.67. The van der Waals surface area contributed by atoms with E-state index >= 15 is 0 Å². The summed E-state index contributed by atoms with van der Waals surface area (Å²) in [7, 11) is 7.22. The maximum Gasteiger partial charge on any atom is 0.287 e. The van der Waals surface area contributed by atoms with Gasteiger partial charge < -0.3 is 30.4 Å². The Morgan fingerprint density at radius 2 is 1.81 bits per heavy atom. The Morgan fingerprint density at radius 3 is 2.44 bits per heavy atom. The van der Waals surface area contributed by atoms with Crippen LogP contribution in [0.15, 0.2) is 29.5 Å². The van der Waals surface area contributed by atoms with Crippen molar-refractivity contribution < 1.29 is 14.5 Å². The average Bonchev–Trinajstić information content (AvgIpc) is 3.27. The quantitative estimate of drug-likeness (QED) is 0.154. The van der Waals surface area contributed by atoms with Crippen molar-refractivity contribution in [2.75, 3.05) is 39.0 Å². The SMILES string of the molecule is CN(C)CCCN=C(N)CCNC(=O)c1cc(NC(=O)c2cc([N+](=O)[O-])cn2C)cn1C. The molecule has 0 saturated heterocycles. The minimum atomic E-state index is -0.566. The monoisotopic (exact) mass is 446 g/mol. The minimum absolute atomic E-state index is 0.131. The fourth-order valence-corrected chi connectivity index (χ4v) is 3.01. The second-order valence-electron chi connectivity index (χ2n) is 7.67. The molecule has 0 atom stereocenters. The van der Waals surface area contributed by atoms with Crippen LogP contribution in [0.1, 0.15) is 33.8 Å². The summed E-state index contributed by atoms with van der Waals surface area (Å²) in [6.45, 7) is 1.91. The van der Waals surface area contributed by atoms with E-state index in [4.69, 9.17) is 5.73 Å². The smallest absolute Gasteiger partial charge is 0.287 e. The number of aliphatic imine (C=N–C) groups is 1. The second kappa shape index (κ2) is 11.1. The molecule has 2 heterocycles. The van der Waals surface area contributed by atoms with Crippen LogP contribution in [0.2, 0.25) is 0 Å². The van der Waals surface area contributed by atoms with Crippen LogP contribution in [0.25, 0.3) is 0 Å². The number of carbonyl (C=O) groups is 2. The number of aromatic nitrogens is 2. The third kappa shape index (κ3) is 6.94. The number of nitrogens with two attached hydrogens (primary N) is 1. The van der Waals surface area contributed by atoms with Crippen LogP contribution in [0.4, 0.5) is 11.4 Å². The molecule has 12 nitrogen and oxygen atoms in total. The Bertz CT molecular complexity index is 1010. The van der Waals surface area contributed by atoms with E-state index in [0.29, 0.717) is 36.7 Å². The van der Waals surface area contributed by atoms with E-state index in [9.17, 15) is 19.7 Å².